The Hall–Kier alpha value is -0.370. The second-order valence-corrected chi connectivity index (χ2v) is 3.81. The van der Waals surface area contributed by atoms with E-state index >= 15 is 0 Å². The molecular weight excluding hydrogens is 150 g/mol. The van der Waals surface area contributed by atoms with Crippen molar-refractivity contribution in [1.82, 2.24) is 4.90 Å². The molecule has 0 saturated carbocycles. The first-order chi connectivity index (χ1) is 5.66. The lowest BCUT2D eigenvalue weighted by molar-refractivity contribution is -0.108. The SMILES string of the molecule is CC(C)CC=O.CN1CCCC1. The summed E-state index contributed by atoms with van der Waals surface area (Å²) in [5.74, 6) is 0.530. The van der Waals surface area contributed by atoms with Crippen molar-refractivity contribution < 1.29 is 4.79 Å². The van der Waals surface area contributed by atoms with Crippen LogP contribution in [0.1, 0.15) is 33.1 Å². The summed E-state index contributed by atoms with van der Waals surface area (Å²) >= 11 is 0. The summed E-state index contributed by atoms with van der Waals surface area (Å²) in [5, 5.41) is 0. The maximum absolute atomic E-state index is 9.62. The highest BCUT2D eigenvalue weighted by Crippen LogP contribution is 2.02. The van der Waals surface area contributed by atoms with Gasteiger partial charge in [-0.3, -0.25) is 0 Å². The minimum atomic E-state index is 0.530. The van der Waals surface area contributed by atoms with Crippen molar-refractivity contribution >= 4 is 6.29 Å². The molecule has 0 radical (unpaired) electrons. The summed E-state index contributed by atoms with van der Waals surface area (Å²) in [4.78, 5) is 12.0. The number of hydrogen-bond donors (Lipinski definition) is 0. The largest absolute Gasteiger partial charge is 0.306 e. The molecule has 1 heterocycles. The van der Waals surface area contributed by atoms with Gasteiger partial charge < -0.3 is 9.69 Å². The van der Waals surface area contributed by atoms with Crippen molar-refractivity contribution in [3.05, 3.63) is 0 Å². The van der Waals surface area contributed by atoms with Crippen LogP contribution in [0.4, 0.5) is 0 Å². The van der Waals surface area contributed by atoms with Gasteiger partial charge in [-0.25, -0.2) is 0 Å². The number of hydrogen-bond acceptors (Lipinski definition) is 2. The van der Waals surface area contributed by atoms with Crippen molar-refractivity contribution in [3.8, 4) is 0 Å². The maximum atomic E-state index is 9.62. The van der Waals surface area contributed by atoms with Crippen LogP contribution in [-0.2, 0) is 4.79 Å². The summed E-state index contributed by atoms with van der Waals surface area (Å²) < 4.78 is 0. The Morgan fingerprint density at radius 3 is 1.92 bits per heavy atom. The Kier molecular flexibility index (Phi) is 7.06. The van der Waals surface area contributed by atoms with Crippen molar-refractivity contribution in [2.75, 3.05) is 20.1 Å². The molecule has 2 nitrogen and oxygen atoms in total. The number of carbonyl (C=O) groups is 1. The fourth-order valence-corrected chi connectivity index (χ4v) is 1.07. The summed E-state index contributed by atoms with van der Waals surface area (Å²) in [6, 6.07) is 0. The summed E-state index contributed by atoms with van der Waals surface area (Å²) in [7, 11) is 2.17. The molecule has 1 aliphatic heterocycles. The van der Waals surface area contributed by atoms with Gasteiger partial charge in [0.25, 0.3) is 0 Å². The smallest absolute Gasteiger partial charge is 0.120 e. The van der Waals surface area contributed by atoms with Gasteiger partial charge >= 0.3 is 0 Å². The number of nitrogens with zero attached hydrogens (tertiary/aromatic N) is 1. The van der Waals surface area contributed by atoms with E-state index in [1.165, 1.54) is 25.9 Å². The van der Waals surface area contributed by atoms with Crippen LogP contribution in [-0.4, -0.2) is 31.3 Å². The molecule has 1 aliphatic rings. The lowest BCUT2D eigenvalue weighted by Gasteiger charge is -2.01. The molecule has 1 fully saturated rings. The summed E-state index contributed by atoms with van der Waals surface area (Å²) in [6.45, 7) is 6.68. The van der Waals surface area contributed by atoms with E-state index in [0.717, 1.165) is 6.29 Å². The highest BCUT2D eigenvalue weighted by atomic mass is 16.1. The average Bonchev–Trinajstić information content (AvgIpc) is 2.40. The second kappa shape index (κ2) is 7.29. The first-order valence-electron chi connectivity index (χ1n) is 4.79. The van der Waals surface area contributed by atoms with Crippen LogP contribution >= 0.6 is 0 Å². The van der Waals surface area contributed by atoms with Crippen molar-refractivity contribution in [3.63, 3.8) is 0 Å². The van der Waals surface area contributed by atoms with Crippen LogP contribution < -0.4 is 0 Å². The first-order valence-corrected chi connectivity index (χ1v) is 4.79. The molecule has 0 aromatic heterocycles. The van der Waals surface area contributed by atoms with E-state index in [9.17, 15) is 4.79 Å². The van der Waals surface area contributed by atoms with Gasteiger partial charge in [-0.2, -0.15) is 0 Å². The molecule has 0 aromatic rings. The number of likely N-dealkylation sites (tertiary alicyclic amines) is 1. The zero-order valence-electron chi connectivity index (χ0n) is 8.55. The molecule has 0 N–H and O–H groups in total. The molecule has 0 amide bonds. The lowest BCUT2D eigenvalue weighted by Crippen LogP contribution is -2.10. The molecule has 12 heavy (non-hydrogen) atoms. The summed E-state index contributed by atoms with van der Waals surface area (Å²) in [6.07, 6.45) is 4.47. The van der Waals surface area contributed by atoms with Crippen LogP contribution in [0.2, 0.25) is 0 Å². The highest BCUT2D eigenvalue weighted by Gasteiger charge is 2.03. The van der Waals surface area contributed by atoms with E-state index in [-0.39, 0.29) is 0 Å². The van der Waals surface area contributed by atoms with Crippen molar-refractivity contribution in [1.29, 1.82) is 0 Å². The Balaban J connectivity index is 0.000000202. The van der Waals surface area contributed by atoms with Crippen LogP contribution in [0.5, 0.6) is 0 Å². The molecule has 0 unspecified atom stereocenters. The number of carbonyl (C=O) groups excluding carboxylic acids is 1. The van der Waals surface area contributed by atoms with Gasteiger partial charge in [-0.05, 0) is 38.9 Å². The Morgan fingerprint density at radius 1 is 1.33 bits per heavy atom. The monoisotopic (exact) mass is 171 g/mol. The van der Waals surface area contributed by atoms with E-state index in [4.69, 9.17) is 0 Å². The number of rotatable bonds is 2. The maximum Gasteiger partial charge on any atom is 0.120 e. The molecule has 72 valence electrons. The van der Waals surface area contributed by atoms with Gasteiger partial charge in [-0.15, -0.1) is 0 Å². The zero-order chi connectivity index (χ0) is 9.40. The van der Waals surface area contributed by atoms with Gasteiger partial charge in [-0.1, -0.05) is 13.8 Å². The molecule has 1 rings (SSSR count). The van der Waals surface area contributed by atoms with Gasteiger partial charge in [0.1, 0.15) is 6.29 Å². The third kappa shape index (κ3) is 7.73. The van der Waals surface area contributed by atoms with Crippen LogP contribution in [0.25, 0.3) is 0 Å². The Morgan fingerprint density at radius 2 is 1.83 bits per heavy atom. The molecule has 0 aliphatic carbocycles. The van der Waals surface area contributed by atoms with E-state index in [1.54, 1.807) is 0 Å². The number of aldehydes is 1. The minimum Gasteiger partial charge on any atom is -0.306 e. The molecule has 1 saturated heterocycles. The predicted octanol–water partition coefficient (Wildman–Crippen LogP) is 1.94. The fourth-order valence-electron chi connectivity index (χ4n) is 1.07. The highest BCUT2D eigenvalue weighted by molar-refractivity contribution is 5.49. The Bertz CT molecular complexity index is 106. The molecule has 0 bridgehead atoms. The van der Waals surface area contributed by atoms with E-state index in [0.29, 0.717) is 12.3 Å². The van der Waals surface area contributed by atoms with Crippen LogP contribution in [0.15, 0.2) is 0 Å². The van der Waals surface area contributed by atoms with E-state index < -0.39 is 0 Å². The van der Waals surface area contributed by atoms with Gasteiger partial charge in [0.05, 0.1) is 0 Å². The minimum absolute atomic E-state index is 0.530. The lowest BCUT2D eigenvalue weighted by atomic mass is 10.2. The third-order valence-corrected chi connectivity index (χ3v) is 1.90. The zero-order valence-corrected chi connectivity index (χ0v) is 8.55. The van der Waals surface area contributed by atoms with E-state index in [2.05, 4.69) is 11.9 Å². The standard InChI is InChI=1S/C5H11N.C5H10O/c1-6-4-2-3-5-6;1-5(2)3-4-6/h2-5H2,1H3;4-5H,3H2,1-2H3. The van der Waals surface area contributed by atoms with Gasteiger partial charge in [0.15, 0.2) is 0 Å². The summed E-state index contributed by atoms with van der Waals surface area (Å²) in [5.41, 5.74) is 0. The van der Waals surface area contributed by atoms with Crippen molar-refractivity contribution in [2.45, 2.75) is 33.1 Å². The first kappa shape index (κ1) is 11.6. The quantitative estimate of drug-likeness (QED) is 0.592. The van der Waals surface area contributed by atoms with Crippen molar-refractivity contribution in [2.24, 2.45) is 5.92 Å². The average molecular weight is 171 g/mol. The fraction of sp³-hybridized carbons (Fsp3) is 0.900. The molecule has 0 aromatic carbocycles. The van der Waals surface area contributed by atoms with Gasteiger partial charge in [0.2, 0.25) is 0 Å². The molecule has 2 heteroatoms. The molecule has 0 spiro atoms. The molecular formula is C10H21NO. The predicted molar refractivity (Wildman–Crippen MR) is 52.3 cm³/mol. The second-order valence-electron chi connectivity index (χ2n) is 3.81. The normalized spacial score (nSPS) is 17.3. The Labute approximate surface area is 75.9 Å². The molecule has 0 atom stereocenters. The van der Waals surface area contributed by atoms with Gasteiger partial charge in [0, 0.05) is 6.42 Å². The van der Waals surface area contributed by atoms with E-state index in [1.807, 2.05) is 13.8 Å². The van der Waals surface area contributed by atoms with Crippen LogP contribution in [0.3, 0.4) is 0 Å². The van der Waals surface area contributed by atoms with Crippen LogP contribution in [0, 0.1) is 5.92 Å². The third-order valence-electron chi connectivity index (χ3n) is 1.90. The topological polar surface area (TPSA) is 20.3 Å².